The third-order valence-electron chi connectivity index (χ3n) is 3.13. The van der Waals surface area contributed by atoms with Crippen molar-refractivity contribution in [3.05, 3.63) is 78.4 Å². The SMILES string of the molecule is C=CCOc1ccc(C(=O)NCCOCc2ccccc2)cc1. The van der Waals surface area contributed by atoms with E-state index < -0.39 is 0 Å². The van der Waals surface area contributed by atoms with Crippen LogP contribution in [0.15, 0.2) is 67.3 Å². The predicted molar refractivity (Wildman–Crippen MR) is 90.6 cm³/mol. The van der Waals surface area contributed by atoms with Gasteiger partial charge in [-0.3, -0.25) is 4.79 Å². The van der Waals surface area contributed by atoms with Crippen LogP contribution in [-0.2, 0) is 11.3 Å². The second-order valence-electron chi connectivity index (χ2n) is 4.92. The van der Waals surface area contributed by atoms with Crippen molar-refractivity contribution in [2.75, 3.05) is 19.8 Å². The lowest BCUT2D eigenvalue weighted by Crippen LogP contribution is -2.27. The van der Waals surface area contributed by atoms with Gasteiger partial charge in [-0.15, -0.1) is 0 Å². The van der Waals surface area contributed by atoms with Crippen LogP contribution in [0.3, 0.4) is 0 Å². The summed E-state index contributed by atoms with van der Waals surface area (Å²) >= 11 is 0. The highest BCUT2D eigenvalue weighted by Crippen LogP contribution is 2.12. The molecule has 0 aliphatic rings. The van der Waals surface area contributed by atoms with Gasteiger partial charge in [0.2, 0.25) is 0 Å². The largest absolute Gasteiger partial charge is 0.490 e. The third kappa shape index (κ3) is 5.96. The molecule has 0 bridgehead atoms. The Bertz CT molecular complexity index is 608. The van der Waals surface area contributed by atoms with E-state index in [1.165, 1.54) is 0 Å². The summed E-state index contributed by atoms with van der Waals surface area (Å²) in [6, 6.07) is 16.9. The standard InChI is InChI=1S/C19H21NO3/c1-2-13-23-18-10-8-17(9-11-18)19(21)20-12-14-22-15-16-6-4-3-5-7-16/h2-11H,1,12-15H2,(H,20,21). The first-order valence-electron chi connectivity index (χ1n) is 7.53. The first kappa shape index (κ1) is 16.8. The fourth-order valence-corrected chi connectivity index (χ4v) is 1.96. The van der Waals surface area contributed by atoms with E-state index in [0.29, 0.717) is 37.7 Å². The van der Waals surface area contributed by atoms with Gasteiger partial charge in [0.05, 0.1) is 13.2 Å². The van der Waals surface area contributed by atoms with Gasteiger partial charge < -0.3 is 14.8 Å². The molecule has 0 aliphatic carbocycles. The van der Waals surface area contributed by atoms with Crippen molar-refractivity contribution >= 4 is 5.91 Å². The molecule has 0 aromatic heterocycles. The highest BCUT2D eigenvalue weighted by molar-refractivity contribution is 5.94. The molecule has 0 saturated carbocycles. The van der Waals surface area contributed by atoms with Gasteiger partial charge in [-0.25, -0.2) is 0 Å². The zero-order chi connectivity index (χ0) is 16.3. The Hall–Kier alpha value is -2.59. The second-order valence-corrected chi connectivity index (χ2v) is 4.92. The summed E-state index contributed by atoms with van der Waals surface area (Å²) in [7, 11) is 0. The van der Waals surface area contributed by atoms with Gasteiger partial charge in [-0.1, -0.05) is 43.0 Å². The highest BCUT2D eigenvalue weighted by atomic mass is 16.5. The Balaban J connectivity index is 1.67. The number of amides is 1. The maximum Gasteiger partial charge on any atom is 0.251 e. The minimum atomic E-state index is -0.122. The van der Waals surface area contributed by atoms with E-state index in [0.717, 1.165) is 5.56 Å². The van der Waals surface area contributed by atoms with Gasteiger partial charge in [0, 0.05) is 12.1 Å². The van der Waals surface area contributed by atoms with E-state index in [1.54, 1.807) is 30.3 Å². The Morgan fingerprint density at radius 1 is 1.09 bits per heavy atom. The molecule has 2 aromatic rings. The van der Waals surface area contributed by atoms with E-state index in [1.807, 2.05) is 30.3 Å². The molecule has 0 spiro atoms. The average Bonchev–Trinajstić information content (AvgIpc) is 2.61. The molecule has 23 heavy (non-hydrogen) atoms. The number of benzene rings is 2. The summed E-state index contributed by atoms with van der Waals surface area (Å²) in [6.07, 6.45) is 1.68. The van der Waals surface area contributed by atoms with Crippen LogP contribution >= 0.6 is 0 Å². The molecule has 4 nitrogen and oxygen atoms in total. The summed E-state index contributed by atoms with van der Waals surface area (Å²) in [5, 5.41) is 2.83. The molecule has 0 aliphatic heterocycles. The predicted octanol–water partition coefficient (Wildman–Crippen LogP) is 3.20. The van der Waals surface area contributed by atoms with E-state index >= 15 is 0 Å². The van der Waals surface area contributed by atoms with E-state index in [4.69, 9.17) is 9.47 Å². The van der Waals surface area contributed by atoms with E-state index in [-0.39, 0.29) is 5.91 Å². The van der Waals surface area contributed by atoms with Crippen LogP contribution in [0.5, 0.6) is 5.75 Å². The number of rotatable bonds is 9. The molecule has 1 amide bonds. The fourth-order valence-electron chi connectivity index (χ4n) is 1.96. The van der Waals surface area contributed by atoms with Crippen molar-refractivity contribution in [2.45, 2.75) is 6.61 Å². The van der Waals surface area contributed by atoms with Crippen molar-refractivity contribution < 1.29 is 14.3 Å². The molecule has 0 saturated heterocycles. The number of nitrogens with one attached hydrogen (secondary N) is 1. The molecule has 0 radical (unpaired) electrons. The van der Waals surface area contributed by atoms with Crippen molar-refractivity contribution in [2.24, 2.45) is 0 Å². The van der Waals surface area contributed by atoms with Crippen LogP contribution < -0.4 is 10.1 Å². The first-order valence-corrected chi connectivity index (χ1v) is 7.53. The monoisotopic (exact) mass is 311 g/mol. The topological polar surface area (TPSA) is 47.6 Å². The minimum Gasteiger partial charge on any atom is -0.490 e. The van der Waals surface area contributed by atoms with Gasteiger partial charge in [0.25, 0.3) is 5.91 Å². The Kier molecular flexibility index (Phi) is 6.88. The lowest BCUT2D eigenvalue weighted by atomic mass is 10.2. The fraction of sp³-hybridized carbons (Fsp3) is 0.211. The van der Waals surface area contributed by atoms with Gasteiger partial charge in [-0.2, -0.15) is 0 Å². The number of ether oxygens (including phenoxy) is 2. The normalized spacial score (nSPS) is 10.1. The molecule has 2 aromatic carbocycles. The maximum absolute atomic E-state index is 12.0. The van der Waals surface area contributed by atoms with Crippen molar-refractivity contribution in [1.82, 2.24) is 5.32 Å². The summed E-state index contributed by atoms with van der Waals surface area (Å²) in [5.41, 5.74) is 1.72. The molecule has 0 atom stereocenters. The zero-order valence-corrected chi connectivity index (χ0v) is 13.0. The van der Waals surface area contributed by atoms with Crippen LogP contribution in [-0.4, -0.2) is 25.7 Å². The van der Waals surface area contributed by atoms with Gasteiger partial charge in [0.15, 0.2) is 0 Å². The van der Waals surface area contributed by atoms with Crippen molar-refractivity contribution in [3.63, 3.8) is 0 Å². The smallest absolute Gasteiger partial charge is 0.251 e. The Morgan fingerprint density at radius 2 is 1.83 bits per heavy atom. The second kappa shape index (κ2) is 9.43. The summed E-state index contributed by atoms with van der Waals surface area (Å²) in [5.74, 6) is 0.594. The lowest BCUT2D eigenvalue weighted by Gasteiger charge is -2.08. The Labute approximate surface area is 136 Å². The third-order valence-corrected chi connectivity index (χ3v) is 3.13. The molecule has 0 heterocycles. The van der Waals surface area contributed by atoms with Crippen LogP contribution in [0, 0.1) is 0 Å². The number of hydrogen-bond donors (Lipinski definition) is 1. The Morgan fingerprint density at radius 3 is 2.52 bits per heavy atom. The minimum absolute atomic E-state index is 0.122. The van der Waals surface area contributed by atoms with Crippen molar-refractivity contribution in [3.8, 4) is 5.75 Å². The molecule has 2 rings (SSSR count). The summed E-state index contributed by atoms with van der Waals surface area (Å²) < 4.78 is 10.9. The zero-order valence-electron chi connectivity index (χ0n) is 13.0. The highest BCUT2D eigenvalue weighted by Gasteiger charge is 2.04. The average molecular weight is 311 g/mol. The van der Waals surface area contributed by atoms with E-state index in [9.17, 15) is 4.79 Å². The van der Waals surface area contributed by atoms with Crippen LogP contribution in [0.1, 0.15) is 15.9 Å². The molecule has 4 heteroatoms. The maximum atomic E-state index is 12.0. The van der Waals surface area contributed by atoms with Gasteiger partial charge in [0.1, 0.15) is 12.4 Å². The lowest BCUT2D eigenvalue weighted by molar-refractivity contribution is 0.0901. The number of hydrogen-bond acceptors (Lipinski definition) is 3. The molecule has 0 unspecified atom stereocenters. The van der Waals surface area contributed by atoms with Crippen LogP contribution in [0.25, 0.3) is 0 Å². The van der Waals surface area contributed by atoms with Crippen molar-refractivity contribution in [1.29, 1.82) is 0 Å². The molecule has 0 fully saturated rings. The number of carbonyl (C=O) groups is 1. The van der Waals surface area contributed by atoms with E-state index in [2.05, 4.69) is 11.9 Å². The van der Waals surface area contributed by atoms with Gasteiger partial charge in [-0.05, 0) is 29.8 Å². The summed E-state index contributed by atoms with van der Waals surface area (Å²) in [6.45, 7) is 5.53. The van der Waals surface area contributed by atoms with Crippen LogP contribution in [0.2, 0.25) is 0 Å². The molecular weight excluding hydrogens is 290 g/mol. The molecule has 1 N–H and O–H groups in total. The summed E-state index contributed by atoms with van der Waals surface area (Å²) in [4.78, 5) is 12.0. The van der Waals surface area contributed by atoms with Gasteiger partial charge >= 0.3 is 0 Å². The molecule has 120 valence electrons. The number of carbonyl (C=O) groups excluding carboxylic acids is 1. The molecular formula is C19H21NO3. The quantitative estimate of drug-likeness (QED) is 0.571. The first-order chi connectivity index (χ1) is 11.3. The van der Waals surface area contributed by atoms with Crippen LogP contribution in [0.4, 0.5) is 0 Å².